The molecular formula is C15H23NO2. The van der Waals surface area contributed by atoms with Crippen LogP contribution in [0.5, 0.6) is 11.5 Å². The maximum absolute atomic E-state index is 5.32. The second-order valence-corrected chi connectivity index (χ2v) is 5.16. The van der Waals surface area contributed by atoms with E-state index < -0.39 is 0 Å². The minimum absolute atomic E-state index is 0.704. The zero-order valence-corrected chi connectivity index (χ0v) is 11.5. The van der Waals surface area contributed by atoms with Crippen molar-refractivity contribution in [2.45, 2.75) is 19.8 Å². The molecule has 100 valence electrons. The molecule has 0 bridgehead atoms. The Morgan fingerprint density at radius 3 is 2.39 bits per heavy atom. The molecule has 18 heavy (non-hydrogen) atoms. The summed E-state index contributed by atoms with van der Waals surface area (Å²) in [4.78, 5) is 0. The van der Waals surface area contributed by atoms with Crippen molar-refractivity contribution < 1.29 is 9.47 Å². The number of benzene rings is 1. The third kappa shape index (κ3) is 3.16. The van der Waals surface area contributed by atoms with Gasteiger partial charge in [0.05, 0.1) is 14.2 Å². The minimum Gasteiger partial charge on any atom is -0.497 e. The van der Waals surface area contributed by atoms with E-state index in [-0.39, 0.29) is 0 Å². The molecule has 3 heteroatoms. The van der Waals surface area contributed by atoms with Crippen LogP contribution >= 0.6 is 0 Å². The average molecular weight is 249 g/mol. The van der Waals surface area contributed by atoms with E-state index in [1.165, 1.54) is 12.0 Å². The third-order valence-electron chi connectivity index (χ3n) is 3.90. The van der Waals surface area contributed by atoms with Crippen LogP contribution in [-0.4, -0.2) is 27.3 Å². The molecule has 0 spiro atoms. The van der Waals surface area contributed by atoms with Gasteiger partial charge in [0.15, 0.2) is 0 Å². The molecule has 0 aliphatic carbocycles. The zero-order chi connectivity index (χ0) is 13.0. The van der Waals surface area contributed by atoms with E-state index in [1.54, 1.807) is 14.2 Å². The molecule has 1 aliphatic heterocycles. The monoisotopic (exact) mass is 249 g/mol. The molecule has 0 amide bonds. The van der Waals surface area contributed by atoms with Gasteiger partial charge in [-0.1, -0.05) is 6.92 Å². The second-order valence-electron chi connectivity index (χ2n) is 5.16. The Hall–Kier alpha value is -1.22. The van der Waals surface area contributed by atoms with E-state index in [9.17, 15) is 0 Å². The first-order valence-electron chi connectivity index (χ1n) is 6.65. The number of nitrogens with one attached hydrogen (secondary N) is 1. The molecule has 0 saturated carbocycles. The molecule has 0 aromatic heterocycles. The van der Waals surface area contributed by atoms with Crippen LogP contribution < -0.4 is 14.8 Å². The molecule has 0 radical (unpaired) electrons. The molecule has 2 atom stereocenters. The van der Waals surface area contributed by atoms with Gasteiger partial charge in [0.1, 0.15) is 11.5 Å². The highest BCUT2D eigenvalue weighted by Crippen LogP contribution is 2.27. The molecule has 1 aliphatic rings. The summed E-state index contributed by atoms with van der Waals surface area (Å²) >= 11 is 0. The lowest BCUT2D eigenvalue weighted by atomic mass is 9.83. The van der Waals surface area contributed by atoms with Gasteiger partial charge in [-0.25, -0.2) is 0 Å². The molecule has 1 aromatic carbocycles. The predicted octanol–water partition coefficient (Wildman–Crippen LogP) is 2.49. The van der Waals surface area contributed by atoms with Crippen LogP contribution in [0, 0.1) is 11.8 Å². The predicted molar refractivity (Wildman–Crippen MR) is 73.4 cm³/mol. The van der Waals surface area contributed by atoms with Crippen molar-refractivity contribution in [3.05, 3.63) is 23.8 Å². The lowest BCUT2D eigenvalue weighted by Gasteiger charge is -2.29. The van der Waals surface area contributed by atoms with E-state index >= 15 is 0 Å². The van der Waals surface area contributed by atoms with Crippen LogP contribution in [0.25, 0.3) is 0 Å². The van der Waals surface area contributed by atoms with Crippen molar-refractivity contribution in [1.29, 1.82) is 0 Å². The summed E-state index contributed by atoms with van der Waals surface area (Å²) in [6.45, 7) is 4.61. The molecule has 1 aromatic rings. The number of hydrogen-bond acceptors (Lipinski definition) is 3. The fraction of sp³-hybridized carbons (Fsp3) is 0.600. The van der Waals surface area contributed by atoms with E-state index in [2.05, 4.69) is 24.4 Å². The topological polar surface area (TPSA) is 30.5 Å². The van der Waals surface area contributed by atoms with Crippen LogP contribution in [0.1, 0.15) is 18.9 Å². The van der Waals surface area contributed by atoms with Gasteiger partial charge in [-0.15, -0.1) is 0 Å². The Balaban J connectivity index is 2.12. The SMILES string of the molecule is COc1cc(CC2CNCCC2C)cc(OC)c1. The molecule has 1 heterocycles. The lowest BCUT2D eigenvalue weighted by Crippen LogP contribution is -2.36. The van der Waals surface area contributed by atoms with Gasteiger partial charge in [0, 0.05) is 6.07 Å². The van der Waals surface area contributed by atoms with Crippen LogP contribution in [0.4, 0.5) is 0 Å². The van der Waals surface area contributed by atoms with Crippen molar-refractivity contribution >= 4 is 0 Å². The first-order valence-corrected chi connectivity index (χ1v) is 6.65. The minimum atomic E-state index is 0.704. The standard InChI is InChI=1S/C15H23NO2/c1-11-4-5-16-10-13(11)6-12-7-14(17-2)9-15(8-12)18-3/h7-9,11,13,16H,4-6,10H2,1-3H3. The maximum Gasteiger partial charge on any atom is 0.122 e. The lowest BCUT2D eigenvalue weighted by molar-refractivity contribution is 0.272. The van der Waals surface area contributed by atoms with Gasteiger partial charge in [-0.05, 0) is 55.5 Å². The molecular weight excluding hydrogens is 226 g/mol. The summed E-state index contributed by atoms with van der Waals surface area (Å²) in [7, 11) is 3.40. The van der Waals surface area contributed by atoms with Crippen molar-refractivity contribution in [2.24, 2.45) is 11.8 Å². The van der Waals surface area contributed by atoms with Gasteiger partial charge in [0.2, 0.25) is 0 Å². The molecule has 3 nitrogen and oxygen atoms in total. The fourth-order valence-electron chi connectivity index (χ4n) is 2.61. The zero-order valence-electron chi connectivity index (χ0n) is 11.5. The van der Waals surface area contributed by atoms with Crippen molar-refractivity contribution in [3.8, 4) is 11.5 Å². The van der Waals surface area contributed by atoms with Crippen molar-refractivity contribution in [2.75, 3.05) is 27.3 Å². The summed E-state index contributed by atoms with van der Waals surface area (Å²) in [6.07, 6.45) is 2.35. The van der Waals surface area contributed by atoms with Crippen molar-refractivity contribution in [1.82, 2.24) is 5.32 Å². The number of piperidine rings is 1. The highest BCUT2D eigenvalue weighted by molar-refractivity contribution is 5.38. The fourth-order valence-corrected chi connectivity index (χ4v) is 2.61. The molecule has 2 unspecified atom stereocenters. The highest BCUT2D eigenvalue weighted by Gasteiger charge is 2.21. The summed E-state index contributed by atoms with van der Waals surface area (Å²) in [5, 5.41) is 3.48. The van der Waals surface area contributed by atoms with Crippen LogP contribution in [-0.2, 0) is 6.42 Å². The molecule has 1 N–H and O–H groups in total. The summed E-state index contributed by atoms with van der Waals surface area (Å²) in [5.41, 5.74) is 1.30. The summed E-state index contributed by atoms with van der Waals surface area (Å²) in [5.74, 6) is 3.24. The quantitative estimate of drug-likeness (QED) is 0.889. The van der Waals surface area contributed by atoms with Crippen LogP contribution in [0.3, 0.4) is 0 Å². The summed E-state index contributed by atoms with van der Waals surface area (Å²) in [6, 6.07) is 6.15. The maximum atomic E-state index is 5.32. The third-order valence-corrected chi connectivity index (χ3v) is 3.90. The normalized spacial score (nSPS) is 23.7. The number of ether oxygens (including phenoxy) is 2. The van der Waals surface area contributed by atoms with Gasteiger partial charge < -0.3 is 14.8 Å². The number of hydrogen-bond donors (Lipinski definition) is 1. The van der Waals surface area contributed by atoms with Crippen LogP contribution in [0.15, 0.2) is 18.2 Å². The van der Waals surface area contributed by atoms with Crippen molar-refractivity contribution in [3.63, 3.8) is 0 Å². The van der Waals surface area contributed by atoms with E-state index in [4.69, 9.17) is 9.47 Å². The van der Waals surface area contributed by atoms with Gasteiger partial charge in [0.25, 0.3) is 0 Å². The van der Waals surface area contributed by atoms with E-state index in [1.807, 2.05) is 6.07 Å². The Morgan fingerprint density at radius 1 is 1.17 bits per heavy atom. The second kappa shape index (κ2) is 6.10. The first-order chi connectivity index (χ1) is 8.72. The largest absolute Gasteiger partial charge is 0.497 e. The Labute approximate surface area is 109 Å². The number of rotatable bonds is 4. The van der Waals surface area contributed by atoms with Crippen LogP contribution in [0.2, 0.25) is 0 Å². The molecule has 1 fully saturated rings. The molecule has 2 rings (SSSR count). The Kier molecular flexibility index (Phi) is 4.48. The van der Waals surface area contributed by atoms with Gasteiger partial charge in [-0.2, -0.15) is 0 Å². The molecule has 1 saturated heterocycles. The first kappa shape index (κ1) is 13.2. The number of methoxy groups -OCH3 is 2. The Morgan fingerprint density at radius 2 is 1.83 bits per heavy atom. The van der Waals surface area contributed by atoms with Gasteiger partial charge >= 0.3 is 0 Å². The summed E-state index contributed by atoms with van der Waals surface area (Å²) < 4.78 is 10.6. The van der Waals surface area contributed by atoms with E-state index in [0.29, 0.717) is 5.92 Å². The smallest absolute Gasteiger partial charge is 0.122 e. The average Bonchev–Trinajstić information content (AvgIpc) is 2.41. The van der Waals surface area contributed by atoms with Gasteiger partial charge in [-0.3, -0.25) is 0 Å². The Bertz CT molecular complexity index is 370. The highest BCUT2D eigenvalue weighted by atomic mass is 16.5. The van der Waals surface area contributed by atoms with E-state index in [0.717, 1.165) is 36.9 Å².